The third-order valence-electron chi connectivity index (χ3n) is 5.63. The lowest BCUT2D eigenvalue weighted by Crippen LogP contribution is -2.24. The number of pyridine rings is 1. The Kier molecular flexibility index (Phi) is 7.97. The fraction of sp³-hybridized carbons (Fsp3) is 0.231. The zero-order valence-corrected chi connectivity index (χ0v) is 18.6. The number of rotatable bonds is 8. The Hall–Kier alpha value is -4.20. The standard InChI is InChI=1S/C24H23NO3.C2H2O4/c1-27-20-10-12-21(13-11-20)28-17-24(18-7-3-2-4-8-18)16-22(24)23(26)15-19-9-5-6-14-25-19;3-1(4)2(5)6/h2-14,22H,15-17H2,1H3;(H,3,4)(H,5,6). The highest BCUT2D eigenvalue weighted by atomic mass is 16.5. The van der Waals surface area contributed by atoms with Crippen LogP contribution in [-0.4, -0.2) is 46.6 Å². The average molecular weight is 463 g/mol. The number of methoxy groups -OCH3 is 1. The molecule has 1 aliphatic rings. The average Bonchev–Trinajstić information content (AvgIpc) is 3.61. The summed E-state index contributed by atoms with van der Waals surface area (Å²) in [7, 11) is 1.64. The highest BCUT2D eigenvalue weighted by molar-refractivity contribution is 6.27. The van der Waals surface area contributed by atoms with Crippen LogP contribution in [0.3, 0.4) is 0 Å². The van der Waals surface area contributed by atoms with Crippen molar-refractivity contribution < 1.29 is 34.1 Å². The molecule has 2 unspecified atom stereocenters. The van der Waals surface area contributed by atoms with Gasteiger partial charge >= 0.3 is 11.9 Å². The van der Waals surface area contributed by atoms with Gasteiger partial charge < -0.3 is 19.7 Å². The Labute approximate surface area is 196 Å². The predicted octanol–water partition coefficient (Wildman–Crippen LogP) is 3.39. The molecule has 1 heterocycles. The molecule has 4 rings (SSSR count). The van der Waals surface area contributed by atoms with Crippen molar-refractivity contribution in [3.8, 4) is 11.5 Å². The van der Waals surface area contributed by atoms with E-state index < -0.39 is 11.9 Å². The number of carbonyl (C=O) groups excluding carboxylic acids is 1. The number of aromatic nitrogens is 1. The van der Waals surface area contributed by atoms with E-state index in [4.69, 9.17) is 29.3 Å². The number of ketones is 1. The topological polar surface area (TPSA) is 123 Å². The Bertz CT molecular complexity index is 1100. The van der Waals surface area contributed by atoms with Crippen molar-refractivity contribution in [2.45, 2.75) is 18.3 Å². The number of benzene rings is 2. The Morgan fingerprint density at radius 2 is 1.53 bits per heavy atom. The van der Waals surface area contributed by atoms with Gasteiger partial charge in [0.15, 0.2) is 0 Å². The van der Waals surface area contributed by atoms with E-state index in [1.807, 2.05) is 60.7 Å². The second-order valence-corrected chi connectivity index (χ2v) is 7.82. The van der Waals surface area contributed by atoms with E-state index in [0.29, 0.717) is 13.0 Å². The largest absolute Gasteiger partial charge is 0.497 e. The quantitative estimate of drug-likeness (QED) is 0.488. The van der Waals surface area contributed by atoms with Crippen LogP contribution in [0.15, 0.2) is 79.0 Å². The highest BCUT2D eigenvalue weighted by Crippen LogP contribution is 2.55. The fourth-order valence-corrected chi connectivity index (χ4v) is 3.75. The van der Waals surface area contributed by atoms with Crippen molar-refractivity contribution in [2.24, 2.45) is 5.92 Å². The van der Waals surface area contributed by atoms with Gasteiger partial charge in [0.1, 0.15) is 17.3 Å². The first-order chi connectivity index (χ1) is 16.4. The minimum absolute atomic E-state index is 0.0462. The molecule has 0 saturated heterocycles. The Balaban J connectivity index is 0.000000481. The number of hydrogen-bond acceptors (Lipinski definition) is 6. The van der Waals surface area contributed by atoms with Gasteiger partial charge in [0.2, 0.25) is 0 Å². The molecule has 1 aliphatic carbocycles. The molecule has 2 N–H and O–H groups in total. The molecule has 0 amide bonds. The van der Waals surface area contributed by atoms with Crippen LogP contribution >= 0.6 is 0 Å². The number of carbonyl (C=O) groups is 3. The first-order valence-electron chi connectivity index (χ1n) is 10.6. The van der Waals surface area contributed by atoms with E-state index in [0.717, 1.165) is 29.2 Å². The summed E-state index contributed by atoms with van der Waals surface area (Å²) in [6.07, 6.45) is 2.90. The lowest BCUT2D eigenvalue weighted by Gasteiger charge is -2.19. The van der Waals surface area contributed by atoms with Crippen molar-refractivity contribution >= 4 is 17.7 Å². The molecule has 2 atom stereocenters. The molecule has 1 saturated carbocycles. The van der Waals surface area contributed by atoms with Crippen LogP contribution in [0.4, 0.5) is 0 Å². The molecule has 176 valence electrons. The van der Waals surface area contributed by atoms with Gasteiger partial charge in [-0.1, -0.05) is 36.4 Å². The van der Waals surface area contributed by atoms with Gasteiger partial charge in [-0.25, -0.2) is 9.59 Å². The van der Waals surface area contributed by atoms with Crippen molar-refractivity contribution in [1.82, 2.24) is 4.98 Å². The molecule has 34 heavy (non-hydrogen) atoms. The van der Waals surface area contributed by atoms with Crippen molar-refractivity contribution in [3.63, 3.8) is 0 Å². The molecule has 0 spiro atoms. The summed E-state index contributed by atoms with van der Waals surface area (Å²) in [6.45, 7) is 0.474. The first-order valence-corrected chi connectivity index (χ1v) is 10.6. The van der Waals surface area contributed by atoms with Crippen LogP contribution in [0.5, 0.6) is 11.5 Å². The van der Waals surface area contributed by atoms with Crippen LogP contribution in [0.2, 0.25) is 0 Å². The number of hydrogen-bond donors (Lipinski definition) is 2. The minimum atomic E-state index is -1.82. The lowest BCUT2D eigenvalue weighted by molar-refractivity contribution is -0.159. The number of carboxylic acid groups (broad SMARTS) is 2. The van der Waals surface area contributed by atoms with Crippen LogP contribution in [0.1, 0.15) is 17.7 Å². The molecule has 1 aromatic heterocycles. The molecule has 3 aromatic rings. The maximum absolute atomic E-state index is 12.9. The van der Waals surface area contributed by atoms with Gasteiger partial charge in [-0.2, -0.15) is 0 Å². The molecular formula is C26H25NO7. The fourth-order valence-electron chi connectivity index (χ4n) is 3.75. The number of carboxylic acids is 2. The van der Waals surface area contributed by atoms with Crippen LogP contribution < -0.4 is 9.47 Å². The Morgan fingerprint density at radius 1 is 0.912 bits per heavy atom. The van der Waals surface area contributed by atoms with Crippen LogP contribution in [0, 0.1) is 5.92 Å². The first kappa shape index (κ1) is 24.4. The zero-order valence-electron chi connectivity index (χ0n) is 18.6. The summed E-state index contributed by atoms with van der Waals surface area (Å²) in [5, 5.41) is 14.8. The van der Waals surface area contributed by atoms with Gasteiger partial charge in [0, 0.05) is 29.6 Å². The molecular weight excluding hydrogens is 438 g/mol. The van der Waals surface area contributed by atoms with E-state index in [1.165, 1.54) is 0 Å². The van der Waals surface area contributed by atoms with Gasteiger partial charge in [-0.15, -0.1) is 0 Å². The smallest absolute Gasteiger partial charge is 0.414 e. The van der Waals surface area contributed by atoms with Crippen molar-refractivity contribution in [3.05, 3.63) is 90.3 Å². The number of Topliss-reactive ketones (excluding diaryl/α,β-unsaturated/α-hetero) is 1. The summed E-state index contributed by atoms with van der Waals surface area (Å²) in [5.74, 6) is -1.90. The molecule has 0 bridgehead atoms. The zero-order chi connectivity index (χ0) is 24.6. The summed E-state index contributed by atoms with van der Waals surface area (Å²) in [6, 6.07) is 23.4. The maximum atomic E-state index is 12.9. The third kappa shape index (κ3) is 6.19. The number of nitrogens with zero attached hydrogens (tertiary/aromatic N) is 1. The molecule has 1 fully saturated rings. The maximum Gasteiger partial charge on any atom is 0.414 e. The summed E-state index contributed by atoms with van der Waals surface area (Å²) in [5.41, 5.74) is 1.70. The number of aliphatic carboxylic acids is 2. The lowest BCUT2D eigenvalue weighted by atomic mass is 9.92. The van der Waals surface area contributed by atoms with Crippen molar-refractivity contribution in [2.75, 3.05) is 13.7 Å². The Morgan fingerprint density at radius 3 is 2.09 bits per heavy atom. The van der Waals surface area contributed by atoms with Crippen molar-refractivity contribution in [1.29, 1.82) is 0 Å². The second kappa shape index (κ2) is 11.1. The summed E-state index contributed by atoms with van der Waals surface area (Å²) in [4.78, 5) is 35.4. The molecule has 2 aromatic carbocycles. The third-order valence-corrected chi connectivity index (χ3v) is 5.63. The monoisotopic (exact) mass is 463 g/mol. The predicted molar refractivity (Wildman–Crippen MR) is 123 cm³/mol. The summed E-state index contributed by atoms with van der Waals surface area (Å²) < 4.78 is 11.3. The van der Waals surface area contributed by atoms with Crippen LogP contribution in [0.25, 0.3) is 0 Å². The molecule has 8 heteroatoms. The van der Waals surface area contributed by atoms with E-state index in [2.05, 4.69) is 17.1 Å². The van der Waals surface area contributed by atoms with E-state index in [-0.39, 0.29) is 17.1 Å². The van der Waals surface area contributed by atoms with Gasteiger partial charge in [0.25, 0.3) is 0 Å². The summed E-state index contributed by atoms with van der Waals surface area (Å²) >= 11 is 0. The molecule has 0 aliphatic heterocycles. The second-order valence-electron chi connectivity index (χ2n) is 7.82. The normalized spacial score (nSPS) is 18.1. The minimum Gasteiger partial charge on any atom is -0.497 e. The highest BCUT2D eigenvalue weighted by Gasteiger charge is 2.59. The molecule has 8 nitrogen and oxygen atoms in total. The molecule has 0 radical (unpaired) electrons. The SMILES string of the molecule is COc1ccc(OCC2(c3ccccc3)CC2C(=O)Cc2ccccn2)cc1.O=C(O)C(=O)O. The van der Waals surface area contributed by atoms with E-state index in [1.54, 1.807) is 13.3 Å². The number of ether oxygens (including phenoxy) is 2. The van der Waals surface area contributed by atoms with Gasteiger partial charge in [0.05, 0.1) is 13.7 Å². The van der Waals surface area contributed by atoms with E-state index in [9.17, 15) is 4.79 Å². The van der Waals surface area contributed by atoms with Gasteiger partial charge in [-0.3, -0.25) is 9.78 Å². The van der Waals surface area contributed by atoms with Gasteiger partial charge in [-0.05, 0) is 48.4 Å². The van der Waals surface area contributed by atoms with E-state index >= 15 is 0 Å². The van der Waals surface area contributed by atoms with Crippen LogP contribution in [-0.2, 0) is 26.2 Å².